The molecule has 0 spiro atoms. The van der Waals surface area contributed by atoms with Crippen LogP contribution in [-0.2, 0) is 14.8 Å². The number of benzene rings is 2. The highest BCUT2D eigenvalue weighted by Crippen LogP contribution is 2.26. The highest BCUT2D eigenvalue weighted by molar-refractivity contribution is 7.89. The van der Waals surface area contributed by atoms with Gasteiger partial charge in [-0.1, -0.05) is 29.8 Å². The molecule has 0 aliphatic carbocycles. The lowest BCUT2D eigenvalue weighted by molar-refractivity contribution is 0.0730. The maximum atomic E-state index is 12.9. The Hall–Kier alpha value is -2.02. The molecular weight excluding hydrogens is 348 g/mol. The summed E-state index contributed by atoms with van der Waals surface area (Å²) < 4.78 is 32.6. The summed E-state index contributed by atoms with van der Waals surface area (Å²) in [6.45, 7) is 7.54. The van der Waals surface area contributed by atoms with E-state index in [4.69, 9.17) is 4.74 Å². The molecule has 0 atom stereocenters. The Labute approximate surface area is 155 Å². The predicted molar refractivity (Wildman–Crippen MR) is 104 cm³/mol. The molecule has 2 aromatic rings. The van der Waals surface area contributed by atoms with Gasteiger partial charge in [-0.25, -0.2) is 8.42 Å². The van der Waals surface area contributed by atoms with Crippen molar-refractivity contribution in [3.8, 4) is 0 Å². The fraction of sp³-hybridized carbons (Fsp3) is 0.350. The highest BCUT2D eigenvalue weighted by Gasteiger charge is 2.27. The summed E-state index contributed by atoms with van der Waals surface area (Å²) in [6, 6.07) is 11.5. The summed E-state index contributed by atoms with van der Waals surface area (Å²) in [7, 11) is -3.53. The minimum Gasteiger partial charge on any atom is -0.379 e. The fourth-order valence-corrected chi connectivity index (χ4v) is 4.64. The Morgan fingerprint density at radius 2 is 1.73 bits per heavy atom. The van der Waals surface area contributed by atoms with Gasteiger partial charge in [0.25, 0.3) is 0 Å². The zero-order valence-electron chi connectivity index (χ0n) is 15.4. The van der Waals surface area contributed by atoms with Gasteiger partial charge in [-0.05, 0) is 49.6 Å². The maximum Gasteiger partial charge on any atom is 0.243 e. The Morgan fingerprint density at radius 3 is 2.42 bits per heavy atom. The van der Waals surface area contributed by atoms with Crippen LogP contribution in [0, 0.1) is 20.8 Å². The Morgan fingerprint density at radius 1 is 1.00 bits per heavy atom. The van der Waals surface area contributed by atoms with E-state index in [1.165, 1.54) is 9.87 Å². The second-order valence-electron chi connectivity index (χ2n) is 6.58. The summed E-state index contributed by atoms with van der Waals surface area (Å²) >= 11 is 0. The normalized spacial score (nSPS) is 16.3. The summed E-state index contributed by atoms with van der Waals surface area (Å²) in [4.78, 5) is 4.81. The number of morpholine rings is 1. The average Bonchev–Trinajstić information content (AvgIpc) is 2.63. The lowest BCUT2D eigenvalue weighted by atomic mass is 10.1. The van der Waals surface area contributed by atoms with Gasteiger partial charge in [0.15, 0.2) is 0 Å². The third-order valence-electron chi connectivity index (χ3n) is 4.54. The third-order valence-corrected chi connectivity index (χ3v) is 6.58. The monoisotopic (exact) mass is 372 g/mol. The molecule has 0 aromatic heterocycles. The molecule has 3 rings (SSSR count). The van der Waals surface area contributed by atoms with Crippen molar-refractivity contribution in [1.29, 1.82) is 0 Å². The van der Waals surface area contributed by atoms with Crippen LogP contribution in [0.3, 0.4) is 0 Å². The first-order valence-corrected chi connectivity index (χ1v) is 10.1. The van der Waals surface area contributed by atoms with Crippen LogP contribution in [0.1, 0.15) is 22.3 Å². The summed E-state index contributed by atoms with van der Waals surface area (Å²) in [5.74, 6) is 0. The van der Waals surface area contributed by atoms with Crippen molar-refractivity contribution in [3.63, 3.8) is 0 Å². The summed E-state index contributed by atoms with van der Waals surface area (Å²) in [5, 5.41) is 0. The van der Waals surface area contributed by atoms with Crippen LogP contribution in [-0.4, -0.2) is 45.2 Å². The van der Waals surface area contributed by atoms with E-state index >= 15 is 0 Å². The topological polar surface area (TPSA) is 59.0 Å². The number of hydrogen-bond donors (Lipinski definition) is 0. The van der Waals surface area contributed by atoms with Gasteiger partial charge in [0.1, 0.15) is 0 Å². The number of aryl methyl sites for hydroxylation is 3. The van der Waals surface area contributed by atoms with Crippen LogP contribution >= 0.6 is 0 Å². The van der Waals surface area contributed by atoms with Crippen LogP contribution in [0.25, 0.3) is 0 Å². The van der Waals surface area contributed by atoms with Crippen molar-refractivity contribution in [1.82, 2.24) is 4.31 Å². The molecule has 0 N–H and O–H groups in total. The molecule has 0 bridgehead atoms. The maximum absolute atomic E-state index is 12.9. The molecule has 0 unspecified atom stereocenters. The standard InChI is InChI=1S/C20H24N2O3S/c1-15-4-6-18(17(3)12-15)14-21-19-7-5-16(2)20(13-19)26(23,24)22-8-10-25-11-9-22/h4-7,12-14H,8-11H2,1-3H3. The van der Waals surface area contributed by atoms with Gasteiger partial charge in [-0.2, -0.15) is 4.31 Å². The number of nitrogens with zero attached hydrogens (tertiary/aromatic N) is 2. The molecule has 26 heavy (non-hydrogen) atoms. The van der Waals surface area contributed by atoms with Crippen molar-refractivity contribution >= 4 is 21.9 Å². The van der Waals surface area contributed by atoms with Crippen molar-refractivity contribution in [2.75, 3.05) is 26.3 Å². The van der Waals surface area contributed by atoms with Crippen LogP contribution < -0.4 is 0 Å². The minimum absolute atomic E-state index is 0.315. The molecule has 0 radical (unpaired) electrons. The van der Waals surface area contributed by atoms with E-state index in [1.54, 1.807) is 12.3 Å². The molecule has 5 nitrogen and oxygen atoms in total. The van der Waals surface area contributed by atoms with E-state index in [-0.39, 0.29) is 0 Å². The first kappa shape index (κ1) is 18.8. The molecule has 6 heteroatoms. The van der Waals surface area contributed by atoms with E-state index in [0.717, 1.165) is 16.7 Å². The number of ether oxygens (including phenoxy) is 1. The Kier molecular flexibility index (Phi) is 5.55. The largest absolute Gasteiger partial charge is 0.379 e. The number of sulfonamides is 1. The van der Waals surface area contributed by atoms with Gasteiger partial charge in [-0.3, -0.25) is 4.99 Å². The Balaban J connectivity index is 1.91. The lowest BCUT2D eigenvalue weighted by Crippen LogP contribution is -2.40. The zero-order chi connectivity index (χ0) is 18.7. The first-order valence-electron chi connectivity index (χ1n) is 8.68. The predicted octanol–water partition coefficient (Wildman–Crippen LogP) is 3.38. The van der Waals surface area contributed by atoms with Crippen molar-refractivity contribution in [2.45, 2.75) is 25.7 Å². The van der Waals surface area contributed by atoms with Crippen LogP contribution in [0.15, 0.2) is 46.3 Å². The molecular formula is C20H24N2O3S. The molecule has 2 aromatic carbocycles. The van der Waals surface area contributed by atoms with E-state index in [1.807, 2.05) is 38.1 Å². The van der Waals surface area contributed by atoms with Crippen molar-refractivity contribution in [2.24, 2.45) is 4.99 Å². The van der Waals surface area contributed by atoms with Crippen LogP contribution in [0.4, 0.5) is 5.69 Å². The molecule has 1 fully saturated rings. The van der Waals surface area contributed by atoms with Gasteiger partial charge < -0.3 is 4.74 Å². The minimum atomic E-state index is -3.53. The van der Waals surface area contributed by atoms with Gasteiger partial charge >= 0.3 is 0 Å². The lowest BCUT2D eigenvalue weighted by Gasteiger charge is -2.26. The van der Waals surface area contributed by atoms with E-state index in [2.05, 4.69) is 18.0 Å². The van der Waals surface area contributed by atoms with E-state index in [9.17, 15) is 8.42 Å². The molecule has 0 saturated carbocycles. The highest BCUT2D eigenvalue weighted by atomic mass is 32.2. The van der Waals surface area contributed by atoms with Gasteiger partial charge in [0, 0.05) is 19.3 Å². The molecule has 138 valence electrons. The van der Waals surface area contributed by atoms with Crippen LogP contribution in [0.2, 0.25) is 0 Å². The molecule has 1 heterocycles. The summed E-state index contributed by atoms with van der Waals surface area (Å²) in [5.41, 5.74) is 4.72. The summed E-state index contributed by atoms with van der Waals surface area (Å²) in [6.07, 6.45) is 1.78. The van der Waals surface area contributed by atoms with Gasteiger partial charge in [0.05, 0.1) is 23.8 Å². The van der Waals surface area contributed by atoms with Gasteiger partial charge in [0.2, 0.25) is 10.0 Å². The fourth-order valence-electron chi connectivity index (χ4n) is 2.99. The Bertz CT molecular complexity index is 930. The van der Waals surface area contributed by atoms with E-state index < -0.39 is 10.0 Å². The third kappa shape index (κ3) is 4.03. The average molecular weight is 372 g/mol. The molecule has 1 aliphatic rings. The van der Waals surface area contributed by atoms with E-state index in [0.29, 0.717) is 36.9 Å². The number of hydrogen-bond acceptors (Lipinski definition) is 4. The molecule has 1 aliphatic heterocycles. The second kappa shape index (κ2) is 7.70. The zero-order valence-corrected chi connectivity index (χ0v) is 16.2. The quantitative estimate of drug-likeness (QED) is 0.773. The second-order valence-corrected chi connectivity index (χ2v) is 8.49. The van der Waals surface area contributed by atoms with Crippen molar-refractivity contribution < 1.29 is 13.2 Å². The number of rotatable bonds is 4. The smallest absolute Gasteiger partial charge is 0.243 e. The first-order chi connectivity index (χ1) is 12.4. The van der Waals surface area contributed by atoms with Crippen LogP contribution in [0.5, 0.6) is 0 Å². The number of aliphatic imine (C=N–C) groups is 1. The van der Waals surface area contributed by atoms with Gasteiger partial charge in [-0.15, -0.1) is 0 Å². The van der Waals surface area contributed by atoms with Crippen molar-refractivity contribution in [3.05, 3.63) is 58.7 Å². The SMILES string of the molecule is Cc1ccc(C=Nc2ccc(C)c(S(=O)(=O)N3CCOCC3)c2)c(C)c1. The molecule has 1 saturated heterocycles. The molecule has 0 amide bonds.